The second-order valence-corrected chi connectivity index (χ2v) is 8.00. The number of nitrogens with zero attached hydrogens (tertiary/aromatic N) is 1. The Bertz CT molecular complexity index is 614. The molecule has 144 valence electrons. The Morgan fingerprint density at radius 1 is 1.19 bits per heavy atom. The van der Waals surface area contributed by atoms with Crippen molar-refractivity contribution in [2.45, 2.75) is 53.4 Å². The first kappa shape index (κ1) is 20.3. The lowest BCUT2D eigenvalue weighted by molar-refractivity contribution is -0.142. The molecule has 1 aliphatic heterocycles. The van der Waals surface area contributed by atoms with Crippen molar-refractivity contribution in [2.75, 3.05) is 25.0 Å². The van der Waals surface area contributed by atoms with Gasteiger partial charge in [0.15, 0.2) is 0 Å². The van der Waals surface area contributed by atoms with Crippen molar-refractivity contribution in [2.24, 2.45) is 11.3 Å². The van der Waals surface area contributed by atoms with Gasteiger partial charge in [0.05, 0.1) is 12.3 Å². The topological polar surface area (TPSA) is 58.6 Å². The van der Waals surface area contributed by atoms with Gasteiger partial charge < -0.3 is 15.0 Å². The minimum absolute atomic E-state index is 0.0133. The SMILES string of the molecule is CCCCOc1ccccc1NC(=O)C1CCN(C(=O)C(C)(C)C)CC1. The first-order valence-corrected chi connectivity index (χ1v) is 9.65. The van der Waals surface area contributed by atoms with Crippen LogP contribution in [0.4, 0.5) is 5.69 Å². The summed E-state index contributed by atoms with van der Waals surface area (Å²) in [6.45, 7) is 9.85. The lowest BCUT2D eigenvalue weighted by atomic mass is 9.90. The fourth-order valence-corrected chi connectivity index (χ4v) is 3.08. The van der Waals surface area contributed by atoms with Gasteiger partial charge in [0.25, 0.3) is 0 Å². The number of unbranched alkanes of at least 4 members (excludes halogenated alkanes) is 1. The Morgan fingerprint density at radius 3 is 2.46 bits per heavy atom. The smallest absolute Gasteiger partial charge is 0.227 e. The molecule has 0 aliphatic carbocycles. The number of hydrogen-bond acceptors (Lipinski definition) is 3. The monoisotopic (exact) mass is 360 g/mol. The number of ether oxygens (including phenoxy) is 1. The molecule has 0 bridgehead atoms. The quantitative estimate of drug-likeness (QED) is 0.778. The molecule has 0 radical (unpaired) electrons. The van der Waals surface area contributed by atoms with Gasteiger partial charge in [-0.3, -0.25) is 9.59 Å². The van der Waals surface area contributed by atoms with Crippen LogP contribution >= 0.6 is 0 Å². The number of benzene rings is 1. The van der Waals surface area contributed by atoms with Crippen molar-refractivity contribution in [3.05, 3.63) is 24.3 Å². The van der Waals surface area contributed by atoms with E-state index in [9.17, 15) is 9.59 Å². The number of rotatable bonds is 6. The molecule has 5 heteroatoms. The van der Waals surface area contributed by atoms with Crippen LogP contribution in [0.1, 0.15) is 53.4 Å². The van der Waals surface area contributed by atoms with E-state index < -0.39 is 0 Å². The number of carbonyl (C=O) groups excluding carboxylic acids is 2. The molecular formula is C21H32N2O3. The fourth-order valence-electron chi connectivity index (χ4n) is 3.08. The predicted molar refractivity (Wildman–Crippen MR) is 104 cm³/mol. The molecule has 0 unspecified atom stereocenters. The number of carbonyl (C=O) groups is 2. The first-order valence-electron chi connectivity index (χ1n) is 9.65. The second kappa shape index (κ2) is 9.06. The molecular weight excluding hydrogens is 328 g/mol. The molecule has 0 aromatic heterocycles. The van der Waals surface area contributed by atoms with Gasteiger partial charge in [-0.15, -0.1) is 0 Å². The third kappa shape index (κ3) is 5.48. The average Bonchev–Trinajstić information content (AvgIpc) is 2.62. The van der Waals surface area contributed by atoms with E-state index >= 15 is 0 Å². The number of nitrogens with one attached hydrogen (secondary N) is 1. The lowest BCUT2D eigenvalue weighted by Crippen LogP contribution is -2.45. The normalized spacial score (nSPS) is 15.6. The summed E-state index contributed by atoms with van der Waals surface area (Å²) in [4.78, 5) is 26.9. The van der Waals surface area contributed by atoms with E-state index in [1.807, 2.05) is 49.9 Å². The van der Waals surface area contributed by atoms with E-state index in [2.05, 4.69) is 12.2 Å². The number of hydrogen-bond donors (Lipinski definition) is 1. The number of likely N-dealkylation sites (tertiary alicyclic amines) is 1. The Morgan fingerprint density at radius 2 is 1.85 bits per heavy atom. The molecule has 1 aromatic rings. The highest BCUT2D eigenvalue weighted by Gasteiger charge is 2.32. The zero-order valence-corrected chi connectivity index (χ0v) is 16.5. The minimum Gasteiger partial charge on any atom is -0.491 e. The van der Waals surface area contributed by atoms with Crippen LogP contribution in [0.25, 0.3) is 0 Å². The van der Waals surface area contributed by atoms with E-state index in [1.54, 1.807) is 0 Å². The largest absolute Gasteiger partial charge is 0.491 e. The number of anilines is 1. The van der Waals surface area contributed by atoms with Gasteiger partial charge in [-0.25, -0.2) is 0 Å². The summed E-state index contributed by atoms with van der Waals surface area (Å²) in [5, 5.41) is 3.01. The molecule has 5 nitrogen and oxygen atoms in total. The van der Waals surface area contributed by atoms with Crippen LogP contribution in [-0.4, -0.2) is 36.4 Å². The van der Waals surface area contributed by atoms with Crippen LogP contribution in [0.5, 0.6) is 5.75 Å². The molecule has 1 aliphatic rings. The standard InChI is InChI=1S/C21H32N2O3/c1-5-6-15-26-18-10-8-7-9-17(18)22-19(24)16-11-13-23(14-12-16)20(25)21(2,3)4/h7-10,16H,5-6,11-15H2,1-4H3,(H,22,24). The molecule has 2 rings (SSSR count). The summed E-state index contributed by atoms with van der Waals surface area (Å²) < 4.78 is 5.78. The Hall–Kier alpha value is -2.04. The van der Waals surface area contributed by atoms with E-state index in [-0.39, 0.29) is 23.1 Å². The van der Waals surface area contributed by atoms with E-state index in [1.165, 1.54) is 0 Å². The fraction of sp³-hybridized carbons (Fsp3) is 0.619. The van der Waals surface area contributed by atoms with Crippen LogP contribution in [-0.2, 0) is 9.59 Å². The van der Waals surface area contributed by atoms with Crippen LogP contribution < -0.4 is 10.1 Å². The van der Waals surface area contributed by atoms with Crippen LogP contribution in [0.2, 0.25) is 0 Å². The molecule has 1 heterocycles. The summed E-state index contributed by atoms with van der Waals surface area (Å²) in [7, 11) is 0. The first-order chi connectivity index (χ1) is 12.3. The van der Waals surface area contributed by atoms with Gasteiger partial charge in [-0.2, -0.15) is 0 Å². The summed E-state index contributed by atoms with van der Waals surface area (Å²) >= 11 is 0. The Labute approximate surface area is 157 Å². The van der Waals surface area contributed by atoms with Crippen molar-refractivity contribution in [3.8, 4) is 5.75 Å². The number of piperidine rings is 1. The van der Waals surface area contributed by atoms with E-state index in [0.717, 1.165) is 24.3 Å². The third-order valence-corrected chi connectivity index (χ3v) is 4.69. The molecule has 2 amide bonds. The maximum atomic E-state index is 12.7. The zero-order chi connectivity index (χ0) is 19.2. The Kier molecular flexibility index (Phi) is 7.06. The summed E-state index contributed by atoms with van der Waals surface area (Å²) in [5.74, 6) is 0.822. The highest BCUT2D eigenvalue weighted by atomic mass is 16.5. The highest BCUT2D eigenvalue weighted by Crippen LogP contribution is 2.27. The molecule has 1 fully saturated rings. The maximum Gasteiger partial charge on any atom is 0.227 e. The van der Waals surface area contributed by atoms with Gasteiger partial charge in [0.2, 0.25) is 11.8 Å². The van der Waals surface area contributed by atoms with Crippen molar-refractivity contribution < 1.29 is 14.3 Å². The summed E-state index contributed by atoms with van der Waals surface area (Å²) in [6.07, 6.45) is 3.46. The summed E-state index contributed by atoms with van der Waals surface area (Å²) in [5.41, 5.74) is 0.353. The predicted octanol–water partition coefficient (Wildman–Crippen LogP) is 4.09. The third-order valence-electron chi connectivity index (χ3n) is 4.69. The number of amides is 2. The molecule has 1 saturated heterocycles. The van der Waals surface area contributed by atoms with Crippen molar-refractivity contribution in [1.29, 1.82) is 0 Å². The maximum absolute atomic E-state index is 12.7. The lowest BCUT2D eigenvalue weighted by Gasteiger charge is -2.35. The molecule has 1 N–H and O–H groups in total. The van der Waals surface area contributed by atoms with Gasteiger partial charge in [-0.1, -0.05) is 46.2 Å². The molecule has 1 aromatic carbocycles. The molecule has 0 spiro atoms. The Balaban J connectivity index is 1.91. The van der Waals surface area contributed by atoms with Crippen molar-refractivity contribution in [3.63, 3.8) is 0 Å². The molecule has 0 atom stereocenters. The molecule has 26 heavy (non-hydrogen) atoms. The van der Waals surface area contributed by atoms with Crippen LogP contribution in [0.15, 0.2) is 24.3 Å². The van der Waals surface area contributed by atoms with E-state index in [4.69, 9.17) is 4.74 Å². The second-order valence-electron chi connectivity index (χ2n) is 8.00. The zero-order valence-electron chi connectivity index (χ0n) is 16.5. The van der Waals surface area contributed by atoms with Gasteiger partial charge in [0.1, 0.15) is 5.75 Å². The highest BCUT2D eigenvalue weighted by molar-refractivity contribution is 5.94. The van der Waals surface area contributed by atoms with Crippen LogP contribution in [0.3, 0.4) is 0 Å². The van der Waals surface area contributed by atoms with Gasteiger partial charge in [-0.05, 0) is 31.4 Å². The average molecular weight is 360 g/mol. The van der Waals surface area contributed by atoms with Crippen molar-refractivity contribution in [1.82, 2.24) is 4.90 Å². The van der Waals surface area contributed by atoms with Gasteiger partial charge in [0, 0.05) is 24.4 Å². The number of para-hydroxylation sites is 2. The van der Waals surface area contributed by atoms with Crippen molar-refractivity contribution >= 4 is 17.5 Å². The van der Waals surface area contributed by atoms with E-state index in [0.29, 0.717) is 32.5 Å². The van der Waals surface area contributed by atoms with Gasteiger partial charge >= 0.3 is 0 Å². The minimum atomic E-state index is -0.371. The van der Waals surface area contributed by atoms with Crippen LogP contribution in [0, 0.1) is 11.3 Å². The molecule has 0 saturated carbocycles. The summed E-state index contributed by atoms with van der Waals surface area (Å²) in [6, 6.07) is 7.56.